The van der Waals surface area contributed by atoms with Gasteiger partial charge < -0.3 is 14.2 Å². The van der Waals surface area contributed by atoms with Crippen molar-refractivity contribution in [1.29, 1.82) is 0 Å². The van der Waals surface area contributed by atoms with Crippen molar-refractivity contribution in [3.63, 3.8) is 0 Å². The predicted molar refractivity (Wildman–Crippen MR) is 82.2 cm³/mol. The molecule has 1 atom stereocenters. The van der Waals surface area contributed by atoms with Crippen LogP contribution < -0.4 is 5.32 Å². The molecule has 0 aliphatic rings. The molecule has 0 bridgehead atoms. The third kappa shape index (κ3) is 2.85. The van der Waals surface area contributed by atoms with E-state index in [1.54, 1.807) is 6.26 Å². The molecule has 1 aromatic carbocycles. The van der Waals surface area contributed by atoms with Crippen molar-refractivity contribution in [2.45, 2.75) is 32.7 Å². The van der Waals surface area contributed by atoms with Gasteiger partial charge in [0.25, 0.3) is 0 Å². The fourth-order valence-electron chi connectivity index (χ4n) is 2.67. The molecule has 0 saturated carbocycles. The van der Waals surface area contributed by atoms with Crippen molar-refractivity contribution in [3.05, 3.63) is 53.8 Å². The highest BCUT2D eigenvalue weighted by Crippen LogP contribution is 2.25. The lowest BCUT2D eigenvalue weighted by Crippen LogP contribution is -2.23. The number of nitrogens with zero attached hydrogens (tertiary/aromatic N) is 1. The first kappa shape index (κ1) is 13.9. The van der Waals surface area contributed by atoms with Gasteiger partial charge in [-0.1, -0.05) is 26.0 Å². The van der Waals surface area contributed by atoms with E-state index in [1.165, 1.54) is 5.56 Å². The molecule has 3 aromatic rings. The number of fused-ring (bicyclic) bond motifs is 1. The summed E-state index contributed by atoms with van der Waals surface area (Å²) in [5.74, 6) is 1.78. The van der Waals surface area contributed by atoms with Crippen LogP contribution in [0, 0.1) is 0 Å². The second-order valence-corrected chi connectivity index (χ2v) is 5.04. The summed E-state index contributed by atoms with van der Waals surface area (Å²) in [4.78, 5) is 4.56. The summed E-state index contributed by atoms with van der Waals surface area (Å²) < 4.78 is 11.4. The lowest BCUT2D eigenvalue weighted by atomic mass is 10.0. The smallest absolute Gasteiger partial charge is 0.197 e. The molecule has 0 radical (unpaired) electrons. The Balaban J connectivity index is 1.88. The van der Waals surface area contributed by atoms with Crippen molar-refractivity contribution in [2.75, 3.05) is 6.54 Å². The largest absolute Gasteiger partial charge is 0.469 e. The van der Waals surface area contributed by atoms with Gasteiger partial charge in [-0.25, -0.2) is 4.98 Å². The maximum absolute atomic E-state index is 5.83. The van der Waals surface area contributed by atoms with Crippen molar-refractivity contribution >= 4 is 11.1 Å². The van der Waals surface area contributed by atoms with Crippen molar-refractivity contribution in [1.82, 2.24) is 10.3 Å². The van der Waals surface area contributed by atoms with Gasteiger partial charge in [0.1, 0.15) is 11.3 Å². The van der Waals surface area contributed by atoms with E-state index in [4.69, 9.17) is 8.83 Å². The van der Waals surface area contributed by atoms with Gasteiger partial charge in [0.15, 0.2) is 11.5 Å². The molecular weight excluding hydrogens is 264 g/mol. The van der Waals surface area contributed by atoms with Crippen LogP contribution in [0.4, 0.5) is 0 Å². The van der Waals surface area contributed by atoms with Gasteiger partial charge in [-0.3, -0.25) is 0 Å². The molecule has 2 heterocycles. The Morgan fingerprint density at radius 1 is 1.19 bits per heavy atom. The van der Waals surface area contributed by atoms with Crippen LogP contribution in [-0.4, -0.2) is 11.5 Å². The van der Waals surface area contributed by atoms with E-state index in [0.29, 0.717) is 0 Å². The first-order valence-electron chi connectivity index (χ1n) is 7.46. The number of benzene rings is 1. The van der Waals surface area contributed by atoms with Crippen molar-refractivity contribution in [2.24, 2.45) is 0 Å². The summed E-state index contributed by atoms with van der Waals surface area (Å²) in [6.07, 6.45) is 3.36. The summed E-state index contributed by atoms with van der Waals surface area (Å²) in [7, 11) is 0. The van der Waals surface area contributed by atoms with E-state index >= 15 is 0 Å². The molecule has 4 nitrogen and oxygen atoms in total. The van der Waals surface area contributed by atoms with E-state index in [1.807, 2.05) is 30.3 Å². The molecule has 3 rings (SSSR count). The normalized spacial score (nSPS) is 12.9. The van der Waals surface area contributed by atoms with Gasteiger partial charge in [0.05, 0.1) is 6.26 Å². The minimum absolute atomic E-state index is 0.164. The van der Waals surface area contributed by atoms with E-state index in [2.05, 4.69) is 24.1 Å². The number of aryl methyl sites for hydroxylation is 1. The number of hydrogen-bond acceptors (Lipinski definition) is 4. The lowest BCUT2D eigenvalue weighted by Gasteiger charge is -2.16. The van der Waals surface area contributed by atoms with Crippen LogP contribution in [0.1, 0.15) is 37.1 Å². The molecule has 0 saturated heterocycles. The molecular formula is C17H20N2O2. The first-order chi connectivity index (χ1) is 10.3. The SMILES string of the molecule is CCNC(Cc1nc2ccccc2o1)c1ccoc1CC. The summed E-state index contributed by atoms with van der Waals surface area (Å²) in [6.45, 7) is 5.09. The fourth-order valence-corrected chi connectivity index (χ4v) is 2.67. The summed E-state index contributed by atoms with van der Waals surface area (Å²) in [5.41, 5.74) is 2.94. The zero-order valence-corrected chi connectivity index (χ0v) is 12.4. The number of likely N-dealkylation sites (N-methyl/N-ethyl adjacent to an activating group) is 1. The standard InChI is InChI=1S/C17H20N2O2/c1-3-15-12(9-10-20-15)14(18-4-2)11-17-19-13-7-5-6-8-16(13)21-17/h5-10,14,18H,3-4,11H2,1-2H3. The highest BCUT2D eigenvalue weighted by atomic mass is 16.3. The molecule has 1 N–H and O–H groups in total. The Morgan fingerprint density at radius 3 is 2.81 bits per heavy atom. The second-order valence-electron chi connectivity index (χ2n) is 5.04. The number of furan rings is 1. The Kier molecular flexibility index (Phi) is 4.06. The highest BCUT2D eigenvalue weighted by molar-refractivity contribution is 5.72. The van der Waals surface area contributed by atoms with E-state index in [0.717, 1.165) is 42.1 Å². The Morgan fingerprint density at radius 2 is 2.05 bits per heavy atom. The molecule has 4 heteroatoms. The zero-order valence-electron chi connectivity index (χ0n) is 12.4. The van der Waals surface area contributed by atoms with Gasteiger partial charge in [0, 0.05) is 24.4 Å². The first-order valence-corrected chi connectivity index (χ1v) is 7.46. The average molecular weight is 284 g/mol. The van der Waals surface area contributed by atoms with E-state index < -0.39 is 0 Å². The number of aromatic nitrogens is 1. The van der Waals surface area contributed by atoms with Gasteiger partial charge in [0.2, 0.25) is 0 Å². The average Bonchev–Trinajstić information content (AvgIpc) is 3.12. The minimum atomic E-state index is 0.164. The maximum Gasteiger partial charge on any atom is 0.197 e. The second kappa shape index (κ2) is 6.14. The van der Waals surface area contributed by atoms with E-state index in [9.17, 15) is 0 Å². The minimum Gasteiger partial charge on any atom is -0.469 e. The van der Waals surface area contributed by atoms with Crippen LogP contribution in [-0.2, 0) is 12.8 Å². The Bertz CT molecular complexity index is 681. The van der Waals surface area contributed by atoms with Crippen LogP contribution in [0.5, 0.6) is 0 Å². The monoisotopic (exact) mass is 284 g/mol. The predicted octanol–water partition coefficient (Wildman–Crippen LogP) is 3.88. The molecule has 21 heavy (non-hydrogen) atoms. The quantitative estimate of drug-likeness (QED) is 0.746. The molecule has 0 fully saturated rings. The number of para-hydroxylation sites is 2. The molecule has 110 valence electrons. The molecule has 0 spiro atoms. The number of nitrogens with one attached hydrogen (secondary N) is 1. The summed E-state index contributed by atoms with van der Waals surface area (Å²) >= 11 is 0. The molecule has 0 amide bonds. The third-order valence-corrected chi connectivity index (χ3v) is 3.64. The van der Waals surface area contributed by atoms with E-state index in [-0.39, 0.29) is 6.04 Å². The van der Waals surface area contributed by atoms with Gasteiger partial charge in [-0.15, -0.1) is 0 Å². The highest BCUT2D eigenvalue weighted by Gasteiger charge is 2.19. The van der Waals surface area contributed by atoms with Crippen LogP contribution in [0.3, 0.4) is 0 Å². The van der Waals surface area contributed by atoms with Crippen LogP contribution >= 0.6 is 0 Å². The molecule has 0 aliphatic carbocycles. The summed E-state index contributed by atoms with van der Waals surface area (Å²) in [6, 6.07) is 10.1. The fraction of sp³-hybridized carbons (Fsp3) is 0.353. The number of oxazole rings is 1. The molecule has 1 unspecified atom stereocenters. The lowest BCUT2D eigenvalue weighted by molar-refractivity contribution is 0.447. The maximum atomic E-state index is 5.83. The van der Waals surface area contributed by atoms with Crippen molar-refractivity contribution < 1.29 is 8.83 Å². The van der Waals surface area contributed by atoms with Gasteiger partial charge >= 0.3 is 0 Å². The van der Waals surface area contributed by atoms with Gasteiger partial charge in [-0.05, 0) is 24.7 Å². The third-order valence-electron chi connectivity index (χ3n) is 3.64. The van der Waals surface area contributed by atoms with Gasteiger partial charge in [-0.2, -0.15) is 0 Å². The topological polar surface area (TPSA) is 51.2 Å². The number of hydrogen-bond donors (Lipinski definition) is 1. The Labute approximate surface area is 124 Å². The van der Waals surface area contributed by atoms with Crippen LogP contribution in [0.2, 0.25) is 0 Å². The number of rotatable bonds is 6. The van der Waals surface area contributed by atoms with Crippen LogP contribution in [0.25, 0.3) is 11.1 Å². The molecule has 2 aromatic heterocycles. The summed E-state index contributed by atoms with van der Waals surface area (Å²) in [5, 5.41) is 3.49. The van der Waals surface area contributed by atoms with Crippen molar-refractivity contribution in [3.8, 4) is 0 Å². The zero-order chi connectivity index (χ0) is 14.7. The van der Waals surface area contributed by atoms with Crippen LogP contribution in [0.15, 0.2) is 45.4 Å². The molecule has 0 aliphatic heterocycles. The Hall–Kier alpha value is -2.07.